The molecule has 2 aromatic carbocycles. The molecule has 5 rings (SSSR count). The third kappa shape index (κ3) is 4.58. The number of aromatic nitrogens is 2. The molecule has 168 valence electrons. The summed E-state index contributed by atoms with van der Waals surface area (Å²) >= 11 is 5.10. The highest BCUT2D eigenvalue weighted by Crippen LogP contribution is 2.32. The van der Waals surface area contributed by atoms with Crippen molar-refractivity contribution in [2.24, 2.45) is 5.73 Å². The number of halogens is 1. The summed E-state index contributed by atoms with van der Waals surface area (Å²) in [5.74, 6) is 0.136. The van der Waals surface area contributed by atoms with Crippen molar-refractivity contribution in [2.45, 2.75) is 31.6 Å². The average molecular weight is 523 g/mol. The van der Waals surface area contributed by atoms with Gasteiger partial charge in [0.15, 0.2) is 0 Å². The summed E-state index contributed by atoms with van der Waals surface area (Å²) in [6.45, 7) is 0.760. The van der Waals surface area contributed by atoms with Crippen molar-refractivity contribution in [1.29, 1.82) is 0 Å². The number of nitrogens with zero attached hydrogens (tertiary/aromatic N) is 2. The van der Waals surface area contributed by atoms with E-state index in [0.29, 0.717) is 12.8 Å². The SMILES string of the molecule is NC(=O)C(Cc1ccc(N2CCCCC2=O)cc1)c1ccc2[nH]c(-c3ccc(Br)s3)nc2c1. The molecule has 1 fully saturated rings. The van der Waals surface area contributed by atoms with Gasteiger partial charge in [-0.25, -0.2) is 4.98 Å². The number of piperidine rings is 1. The Kier molecular flexibility index (Phi) is 6.03. The van der Waals surface area contributed by atoms with Gasteiger partial charge in [-0.2, -0.15) is 0 Å². The number of carbonyl (C=O) groups excluding carboxylic acids is 2. The number of anilines is 1. The predicted octanol–water partition coefficient (Wildman–Crippen LogP) is 5.38. The number of nitrogens with one attached hydrogen (secondary N) is 1. The second-order valence-electron chi connectivity index (χ2n) is 8.29. The second-order valence-corrected chi connectivity index (χ2v) is 10.8. The Hall–Kier alpha value is -2.97. The zero-order valence-electron chi connectivity index (χ0n) is 17.9. The van der Waals surface area contributed by atoms with Crippen LogP contribution in [0.3, 0.4) is 0 Å². The third-order valence-electron chi connectivity index (χ3n) is 6.07. The van der Waals surface area contributed by atoms with Crippen LogP contribution in [0.1, 0.15) is 36.3 Å². The fourth-order valence-corrected chi connectivity index (χ4v) is 5.64. The summed E-state index contributed by atoms with van der Waals surface area (Å²) in [5.41, 5.74) is 10.3. The lowest BCUT2D eigenvalue weighted by molar-refractivity contribution is -0.120. The molecule has 1 unspecified atom stereocenters. The predicted molar refractivity (Wildman–Crippen MR) is 135 cm³/mol. The average Bonchev–Trinajstić information content (AvgIpc) is 3.43. The Morgan fingerprint density at radius 3 is 2.67 bits per heavy atom. The normalized spacial score (nSPS) is 15.2. The number of H-pyrrole nitrogens is 1. The van der Waals surface area contributed by atoms with E-state index in [1.54, 1.807) is 11.3 Å². The van der Waals surface area contributed by atoms with E-state index in [9.17, 15) is 9.59 Å². The molecule has 1 aliphatic rings. The van der Waals surface area contributed by atoms with Gasteiger partial charge in [-0.1, -0.05) is 18.2 Å². The zero-order chi connectivity index (χ0) is 22.9. The number of nitrogens with two attached hydrogens (primary N) is 1. The van der Waals surface area contributed by atoms with Crippen LogP contribution < -0.4 is 10.6 Å². The standard InChI is InChI=1S/C25H23BrN4O2S/c26-22-11-10-21(33-22)25-28-19-9-6-16(14-20(19)29-25)18(24(27)32)13-15-4-7-17(8-5-15)30-12-2-1-3-23(30)31/h4-11,14,18H,1-3,12-13H2,(H2,27,32)(H,28,29). The third-order valence-corrected chi connectivity index (χ3v) is 7.70. The van der Waals surface area contributed by atoms with E-state index in [1.807, 2.05) is 59.5 Å². The van der Waals surface area contributed by atoms with E-state index in [1.165, 1.54) is 0 Å². The minimum Gasteiger partial charge on any atom is -0.369 e. The molecule has 0 spiro atoms. The van der Waals surface area contributed by atoms with Gasteiger partial charge in [0.25, 0.3) is 0 Å². The minimum atomic E-state index is -0.465. The van der Waals surface area contributed by atoms with E-state index >= 15 is 0 Å². The maximum absolute atomic E-state index is 12.4. The molecule has 0 aliphatic carbocycles. The molecule has 6 nitrogen and oxygen atoms in total. The molecule has 0 radical (unpaired) electrons. The van der Waals surface area contributed by atoms with Gasteiger partial charge in [-0.3, -0.25) is 9.59 Å². The fourth-order valence-electron chi connectivity index (χ4n) is 4.31. The Morgan fingerprint density at radius 2 is 1.97 bits per heavy atom. The summed E-state index contributed by atoms with van der Waals surface area (Å²) in [6.07, 6.45) is 3.08. The molecule has 2 aromatic heterocycles. The molecule has 4 aromatic rings. The van der Waals surface area contributed by atoms with E-state index in [4.69, 9.17) is 10.7 Å². The van der Waals surface area contributed by atoms with E-state index < -0.39 is 5.92 Å². The lowest BCUT2D eigenvalue weighted by atomic mass is 9.91. The van der Waals surface area contributed by atoms with Gasteiger partial charge in [-0.15, -0.1) is 11.3 Å². The van der Waals surface area contributed by atoms with Gasteiger partial charge >= 0.3 is 0 Å². The molecule has 1 aliphatic heterocycles. The van der Waals surface area contributed by atoms with Gasteiger partial charge < -0.3 is 15.6 Å². The smallest absolute Gasteiger partial charge is 0.226 e. The zero-order valence-corrected chi connectivity index (χ0v) is 20.3. The van der Waals surface area contributed by atoms with Crippen molar-refractivity contribution < 1.29 is 9.59 Å². The largest absolute Gasteiger partial charge is 0.369 e. The molecule has 1 saturated heterocycles. The van der Waals surface area contributed by atoms with Gasteiger partial charge in [0.2, 0.25) is 11.8 Å². The molecule has 0 bridgehead atoms. The van der Waals surface area contributed by atoms with Crippen LogP contribution in [0.2, 0.25) is 0 Å². The lowest BCUT2D eigenvalue weighted by Gasteiger charge is -2.27. The molecule has 33 heavy (non-hydrogen) atoms. The van der Waals surface area contributed by atoms with Crippen LogP contribution in [-0.4, -0.2) is 28.3 Å². The summed E-state index contributed by atoms with van der Waals surface area (Å²) in [5, 5.41) is 0. The summed E-state index contributed by atoms with van der Waals surface area (Å²) in [4.78, 5) is 35.5. The molecule has 0 saturated carbocycles. The Balaban J connectivity index is 1.38. The quantitative estimate of drug-likeness (QED) is 0.355. The number of imidazole rings is 1. The lowest BCUT2D eigenvalue weighted by Crippen LogP contribution is -2.35. The number of amides is 2. The minimum absolute atomic E-state index is 0.172. The van der Waals surface area contributed by atoms with Crippen LogP contribution in [0.5, 0.6) is 0 Å². The van der Waals surface area contributed by atoms with Crippen LogP contribution in [0, 0.1) is 0 Å². The van der Waals surface area contributed by atoms with Crippen molar-refractivity contribution >= 4 is 55.8 Å². The van der Waals surface area contributed by atoms with E-state index in [2.05, 4.69) is 20.9 Å². The number of hydrogen-bond donors (Lipinski definition) is 2. The van der Waals surface area contributed by atoms with Crippen LogP contribution >= 0.6 is 27.3 Å². The van der Waals surface area contributed by atoms with Gasteiger partial charge in [0.05, 0.1) is 25.6 Å². The first-order valence-corrected chi connectivity index (χ1v) is 12.5. The number of benzene rings is 2. The Bertz CT molecular complexity index is 1330. The van der Waals surface area contributed by atoms with Crippen molar-refractivity contribution in [1.82, 2.24) is 9.97 Å². The van der Waals surface area contributed by atoms with Gasteiger partial charge in [0.1, 0.15) is 5.82 Å². The molecular formula is C25H23BrN4O2S. The van der Waals surface area contributed by atoms with Crippen molar-refractivity contribution in [3.63, 3.8) is 0 Å². The fraction of sp³-hybridized carbons (Fsp3) is 0.240. The van der Waals surface area contributed by atoms with Gasteiger partial charge in [0, 0.05) is 18.7 Å². The highest BCUT2D eigenvalue weighted by molar-refractivity contribution is 9.11. The highest BCUT2D eigenvalue weighted by atomic mass is 79.9. The first-order valence-electron chi connectivity index (χ1n) is 10.9. The Morgan fingerprint density at radius 1 is 1.15 bits per heavy atom. The molecule has 8 heteroatoms. The highest BCUT2D eigenvalue weighted by Gasteiger charge is 2.22. The molecule has 2 amide bonds. The number of rotatable bonds is 6. The number of primary amides is 1. The number of aromatic amines is 1. The molecule has 1 atom stereocenters. The number of fused-ring (bicyclic) bond motifs is 1. The van der Waals surface area contributed by atoms with Gasteiger partial charge in [-0.05, 0) is 82.7 Å². The maximum Gasteiger partial charge on any atom is 0.226 e. The van der Waals surface area contributed by atoms with E-state index in [-0.39, 0.29) is 11.8 Å². The maximum atomic E-state index is 12.4. The summed E-state index contributed by atoms with van der Waals surface area (Å²) in [6, 6.07) is 17.7. The van der Waals surface area contributed by atoms with Crippen molar-refractivity contribution in [2.75, 3.05) is 11.4 Å². The number of hydrogen-bond acceptors (Lipinski definition) is 4. The number of carbonyl (C=O) groups is 2. The van der Waals surface area contributed by atoms with Crippen LogP contribution in [0.4, 0.5) is 5.69 Å². The van der Waals surface area contributed by atoms with Crippen molar-refractivity contribution in [3.05, 3.63) is 69.5 Å². The van der Waals surface area contributed by atoms with Crippen LogP contribution in [0.25, 0.3) is 21.7 Å². The van der Waals surface area contributed by atoms with Crippen molar-refractivity contribution in [3.8, 4) is 10.7 Å². The first-order chi connectivity index (χ1) is 16.0. The summed E-state index contributed by atoms with van der Waals surface area (Å²) in [7, 11) is 0. The first kappa shape index (κ1) is 21.9. The molecule has 3 heterocycles. The number of thiophene rings is 1. The summed E-state index contributed by atoms with van der Waals surface area (Å²) < 4.78 is 1.04. The van der Waals surface area contributed by atoms with Crippen LogP contribution in [-0.2, 0) is 16.0 Å². The molecule has 3 N–H and O–H groups in total. The second kappa shape index (κ2) is 9.11. The molecular weight excluding hydrogens is 500 g/mol. The monoisotopic (exact) mass is 522 g/mol. The Labute approximate surface area is 204 Å². The van der Waals surface area contributed by atoms with Crippen LogP contribution in [0.15, 0.2) is 58.4 Å². The topological polar surface area (TPSA) is 92.1 Å². The van der Waals surface area contributed by atoms with E-state index in [0.717, 1.165) is 61.7 Å².